The molecular weight excluding hydrogens is 200 g/mol. The van der Waals surface area contributed by atoms with E-state index in [1.54, 1.807) is 22.6 Å². The molecule has 0 aliphatic carbocycles. The van der Waals surface area contributed by atoms with Crippen LogP contribution in [0.3, 0.4) is 0 Å². The summed E-state index contributed by atoms with van der Waals surface area (Å²) < 4.78 is -0.493. The zero-order valence-corrected chi connectivity index (χ0v) is 5.21. The van der Waals surface area contributed by atoms with Gasteiger partial charge in [0.05, 0.1) is 12.5 Å². The topological polar surface area (TPSA) is 44.0 Å². The third-order valence-electron chi connectivity index (χ3n) is 0.260. The molecule has 0 aliphatic heterocycles. The first-order valence-electron chi connectivity index (χ1n) is 1.46. The molecular formula is C3H5ILiNO. The van der Waals surface area contributed by atoms with Gasteiger partial charge in [0.25, 0.3) is 0 Å². The monoisotopic (exact) mass is 205 g/mol. The van der Waals surface area contributed by atoms with Crippen LogP contribution in [0.2, 0.25) is 0 Å². The summed E-state index contributed by atoms with van der Waals surface area (Å²) in [6.07, 6.45) is 0.223. The molecule has 0 aliphatic rings. The molecule has 0 amide bonds. The second-order valence-electron chi connectivity index (χ2n) is 0.797. The Hall–Kier alpha value is 0.777. The Bertz CT molecular complexity index is 69.8. The van der Waals surface area contributed by atoms with Crippen molar-refractivity contribution in [1.29, 1.82) is 5.26 Å². The maximum absolute atomic E-state index is 8.32. The standard InChI is InChI=1S/C3H4INO.Li.H/c4-3(6)1-2-5;;/h3,6H,1H2;;. The Labute approximate surface area is 68.2 Å². The summed E-state index contributed by atoms with van der Waals surface area (Å²) in [7, 11) is 0. The molecule has 36 valence electrons. The van der Waals surface area contributed by atoms with Crippen molar-refractivity contribution < 1.29 is 5.11 Å². The van der Waals surface area contributed by atoms with E-state index in [2.05, 4.69) is 0 Å². The van der Waals surface area contributed by atoms with E-state index >= 15 is 0 Å². The number of nitriles is 1. The van der Waals surface area contributed by atoms with Crippen molar-refractivity contribution in [2.75, 3.05) is 0 Å². The van der Waals surface area contributed by atoms with Crippen molar-refractivity contribution in [3.05, 3.63) is 0 Å². The van der Waals surface area contributed by atoms with Gasteiger partial charge < -0.3 is 5.11 Å². The van der Waals surface area contributed by atoms with Crippen LogP contribution < -0.4 is 0 Å². The predicted molar refractivity (Wildman–Crippen MR) is 37.4 cm³/mol. The van der Waals surface area contributed by atoms with Gasteiger partial charge in [0.15, 0.2) is 0 Å². The van der Waals surface area contributed by atoms with Crippen LogP contribution in [-0.2, 0) is 0 Å². The Morgan fingerprint density at radius 3 is 2.29 bits per heavy atom. The first-order chi connectivity index (χ1) is 2.77. The molecule has 0 fully saturated rings. The molecule has 0 aromatic carbocycles. The molecule has 7 heavy (non-hydrogen) atoms. The number of nitrogens with zero attached hydrogens (tertiary/aromatic N) is 1. The van der Waals surface area contributed by atoms with Gasteiger partial charge in [-0.1, -0.05) is 22.6 Å². The molecule has 0 spiro atoms. The summed E-state index contributed by atoms with van der Waals surface area (Å²) in [5, 5.41) is 16.1. The molecule has 0 saturated carbocycles. The van der Waals surface area contributed by atoms with Gasteiger partial charge >= 0.3 is 18.9 Å². The van der Waals surface area contributed by atoms with E-state index in [1.165, 1.54) is 0 Å². The van der Waals surface area contributed by atoms with Gasteiger partial charge in [0.1, 0.15) is 4.11 Å². The second kappa shape index (κ2) is 6.78. The zero-order chi connectivity index (χ0) is 4.99. The number of aliphatic hydroxyl groups is 1. The molecule has 0 radical (unpaired) electrons. The minimum atomic E-state index is -0.493. The Kier molecular flexibility index (Phi) is 10.4. The van der Waals surface area contributed by atoms with Gasteiger partial charge in [0.2, 0.25) is 0 Å². The third kappa shape index (κ3) is 10.8. The molecule has 0 aromatic heterocycles. The van der Waals surface area contributed by atoms with Crippen molar-refractivity contribution in [2.24, 2.45) is 0 Å². The minimum absolute atomic E-state index is 0. The summed E-state index contributed by atoms with van der Waals surface area (Å²) in [6.45, 7) is 0. The van der Waals surface area contributed by atoms with Crippen LogP contribution in [0.25, 0.3) is 0 Å². The molecule has 0 saturated heterocycles. The number of halogens is 1. The van der Waals surface area contributed by atoms with E-state index in [-0.39, 0.29) is 25.3 Å². The quantitative estimate of drug-likeness (QED) is 0.372. The van der Waals surface area contributed by atoms with Gasteiger partial charge in [-0.3, -0.25) is 0 Å². The SMILES string of the molecule is N#CCC(O)I.[LiH]. The third-order valence-corrected chi connectivity index (χ3v) is 0.700. The number of hydrogen-bond donors (Lipinski definition) is 1. The first-order valence-corrected chi connectivity index (χ1v) is 2.71. The number of alkyl halides is 1. The van der Waals surface area contributed by atoms with Crippen molar-refractivity contribution in [3.8, 4) is 6.07 Å². The molecule has 1 atom stereocenters. The predicted octanol–water partition coefficient (Wildman–Crippen LogP) is 0.00498. The average Bonchev–Trinajstić information content (AvgIpc) is 1.35. The van der Waals surface area contributed by atoms with Crippen molar-refractivity contribution >= 4 is 41.5 Å². The van der Waals surface area contributed by atoms with Crippen molar-refractivity contribution in [2.45, 2.75) is 10.5 Å². The van der Waals surface area contributed by atoms with E-state index in [4.69, 9.17) is 10.4 Å². The first kappa shape index (κ1) is 10.7. The number of rotatable bonds is 1. The van der Waals surface area contributed by atoms with E-state index in [0.29, 0.717) is 0 Å². The fourth-order valence-electron chi connectivity index (χ4n) is 0.0753. The van der Waals surface area contributed by atoms with E-state index in [0.717, 1.165) is 0 Å². The summed E-state index contributed by atoms with van der Waals surface area (Å²) in [6, 6.07) is 1.81. The van der Waals surface area contributed by atoms with Gasteiger partial charge in [0, 0.05) is 0 Å². The van der Waals surface area contributed by atoms with Crippen LogP contribution in [0.5, 0.6) is 0 Å². The summed E-state index contributed by atoms with van der Waals surface area (Å²) in [5.41, 5.74) is 0. The molecule has 2 nitrogen and oxygen atoms in total. The summed E-state index contributed by atoms with van der Waals surface area (Å²) >= 11 is 1.78. The zero-order valence-electron chi connectivity index (χ0n) is 3.06. The fraction of sp³-hybridized carbons (Fsp3) is 0.667. The van der Waals surface area contributed by atoms with Gasteiger partial charge in [-0.25, -0.2) is 0 Å². The number of aliphatic hydroxyl groups excluding tert-OH is 1. The Morgan fingerprint density at radius 2 is 2.29 bits per heavy atom. The van der Waals surface area contributed by atoms with Gasteiger partial charge in [-0.05, 0) is 0 Å². The maximum atomic E-state index is 8.32. The van der Waals surface area contributed by atoms with Crippen LogP contribution in [0, 0.1) is 11.3 Å². The fourth-order valence-corrected chi connectivity index (χ4v) is 0.272. The number of hydrogen-bond acceptors (Lipinski definition) is 2. The van der Waals surface area contributed by atoms with E-state index in [1.807, 2.05) is 6.07 Å². The molecule has 1 unspecified atom stereocenters. The Balaban J connectivity index is 0. The molecule has 0 aromatic rings. The van der Waals surface area contributed by atoms with Gasteiger partial charge in [-0.2, -0.15) is 5.26 Å². The van der Waals surface area contributed by atoms with Gasteiger partial charge in [-0.15, -0.1) is 0 Å². The molecule has 4 heteroatoms. The van der Waals surface area contributed by atoms with Crippen LogP contribution in [0.15, 0.2) is 0 Å². The molecule has 0 rings (SSSR count). The summed E-state index contributed by atoms with van der Waals surface area (Å²) in [5.74, 6) is 0. The van der Waals surface area contributed by atoms with E-state index < -0.39 is 4.11 Å². The second-order valence-corrected chi connectivity index (χ2v) is 2.23. The molecule has 0 heterocycles. The summed E-state index contributed by atoms with van der Waals surface area (Å²) in [4.78, 5) is 0. The van der Waals surface area contributed by atoms with Crippen LogP contribution in [0.4, 0.5) is 0 Å². The average molecular weight is 205 g/mol. The Morgan fingerprint density at radius 1 is 1.86 bits per heavy atom. The van der Waals surface area contributed by atoms with Crippen LogP contribution in [0.1, 0.15) is 6.42 Å². The van der Waals surface area contributed by atoms with Crippen LogP contribution in [-0.4, -0.2) is 28.1 Å². The van der Waals surface area contributed by atoms with E-state index in [9.17, 15) is 0 Å². The van der Waals surface area contributed by atoms with Crippen molar-refractivity contribution in [1.82, 2.24) is 0 Å². The molecule has 1 N–H and O–H groups in total. The molecule has 0 bridgehead atoms. The van der Waals surface area contributed by atoms with Crippen LogP contribution >= 0.6 is 22.6 Å². The van der Waals surface area contributed by atoms with Crippen molar-refractivity contribution in [3.63, 3.8) is 0 Å². The normalized spacial score (nSPS) is 11.0.